The van der Waals surface area contributed by atoms with E-state index < -0.39 is 17.3 Å². The van der Waals surface area contributed by atoms with Crippen LogP contribution in [0.2, 0.25) is 0 Å². The molecule has 0 amide bonds. The first-order valence-electron chi connectivity index (χ1n) is 4.69. The molecule has 2 unspecified atom stereocenters. The van der Waals surface area contributed by atoms with Crippen molar-refractivity contribution in [3.63, 3.8) is 0 Å². The number of aliphatic hydroxyl groups excluding tert-OH is 1. The lowest BCUT2D eigenvalue weighted by Crippen LogP contribution is -2.09. The van der Waals surface area contributed by atoms with Crippen molar-refractivity contribution in [3.8, 4) is 0 Å². The molecule has 1 fully saturated rings. The zero-order valence-corrected chi connectivity index (χ0v) is 8.61. The number of rotatable bonds is 1. The minimum Gasteiger partial charge on any atom is -0.392 e. The van der Waals surface area contributed by atoms with E-state index in [1.807, 2.05) is 0 Å². The standard InChI is InChI=1S/C9H10F3NOS/c10-9(11,12)8-13-4-7(15-8)5-2-1-3-6(5)14/h4-6,14H,1-3H2. The van der Waals surface area contributed by atoms with Crippen LogP contribution in [0.15, 0.2) is 6.20 Å². The molecule has 0 bridgehead atoms. The third-order valence-electron chi connectivity index (χ3n) is 2.61. The van der Waals surface area contributed by atoms with Gasteiger partial charge >= 0.3 is 6.18 Å². The molecule has 1 heterocycles. The van der Waals surface area contributed by atoms with Crippen LogP contribution in [0.25, 0.3) is 0 Å². The summed E-state index contributed by atoms with van der Waals surface area (Å²) >= 11 is 0.645. The molecule has 1 aliphatic rings. The highest BCUT2D eigenvalue weighted by atomic mass is 32.1. The summed E-state index contributed by atoms with van der Waals surface area (Å²) in [7, 11) is 0. The number of aliphatic hydroxyl groups is 1. The first-order chi connectivity index (χ1) is 6.98. The fourth-order valence-electron chi connectivity index (χ4n) is 1.86. The minimum absolute atomic E-state index is 0.154. The Morgan fingerprint density at radius 1 is 1.40 bits per heavy atom. The summed E-state index contributed by atoms with van der Waals surface area (Å²) in [6.45, 7) is 0. The number of alkyl halides is 3. The van der Waals surface area contributed by atoms with E-state index >= 15 is 0 Å². The van der Waals surface area contributed by atoms with Crippen molar-refractivity contribution in [2.45, 2.75) is 37.5 Å². The predicted molar refractivity (Wildman–Crippen MR) is 49.7 cm³/mol. The van der Waals surface area contributed by atoms with Gasteiger partial charge in [0.05, 0.1) is 6.10 Å². The smallest absolute Gasteiger partial charge is 0.392 e. The molecule has 1 N–H and O–H groups in total. The number of aromatic nitrogens is 1. The summed E-state index contributed by atoms with van der Waals surface area (Å²) in [6, 6.07) is 0. The molecular formula is C9H10F3NOS. The number of thiazole rings is 1. The van der Waals surface area contributed by atoms with Gasteiger partial charge in [0.25, 0.3) is 0 Å². The van der Waals surface area contributed by atoms with E-state index in [4.69, 9.17) is 0 Å². The van der Waals surface area contributed by atoms with Gasteiger partial charge < -0.3 is 5.11 Å². The predicted octanol–water partition coefficient (Wildman–Crippen LogP) is 2.79. The highest BCUT2D eigenvalue weighted by Gasteiger charge is 2.36. The molecule has 1 aliphatic carbocycles. The third-order valence-corrected chi connectivity index (χ3v) is 3.79. The van der Waals surface area contributed by atoms with Crippen LogP contribution < -0.4 is 0 Å². The Kier molecular flexibility index (Phi) is 2.72. The van der Waals surface area contributed by atoms with Crippen molar-refractivity contribution in [1.82, 2.24) is 4.98 Å². The maximum absolute atomic E-state index is 12.3. The van der Waals surface area contributed by atoms with Crippen molar-refractivity contribution < 1.29 is 18.3 Å². The summed E-state index contributed by atoms with van der Waals surface area (Å²) in [4.78, 5) is 3.90. The highest BCUT2D eigenvalue weighted by Crippen LogP contribution is 2.40. The zero-order valence-electron chi connectivity index (χ0n) is 7.79. The second-order valence-corrected chi connectivity index (χ2v) is 4.73. The van der Waals surface area contributed by atoms with Gasteiger partial charge in [0.2, 0.25) is 0 Å². The average molecular weight is 237 g/mol. The van der Waals surface area contributed by atoms with Crippen LogP contribution >= 0.6 is 11.3 Å². The number of hydrogen-bond acceptors (Lipinski definition) is 3. The Hall–Kier alpha value is -0.620. The lowest BCUT2D eigenvalue weighted by molar-refractivity contribution is -0.137. The Balaban J connectivity index is 2.20. The van der Waals surface area contributed by atoms with Crippen molar-refractivity contribution >= 4 is 11.3 Å². The first kappa shape index (κ1) is 10.9. The minimum atomic E-state index is -4.37. The molecule has 0 aromatic carbocycles. The Labute approximate surface area is 88.8 Å². The van der Waals surface area contributed by atoms with Gasteiger partial charge in [-0.15, -0.1) is 11.3 Å². The number of nitrogens with zero attached hydrogens (tertiary/aromatic N) is 1. The van der Waals surface area contributed by atoms with Crippen LogP contribution in [0, 0.1) is 0 Å². The maximum Gasteiger partial charge on any atom is 0.443 e. The van der Waals surface area contributed by atoms with Crippen molar-refractivity contribution in [1.29, 1.82) is 0 Å². The fraction of sp³-hybridized carbons (Fsp3) is 0.667. The molecule has 84 valence electrons. The van der Waals surface area contributed by atoms with E-state index in [1.54, 1.807) is 0 Å². The second-order valence-electron chi connectivity index (χ2n) is 3.67. The number of halogens is 3. The van der Waals surface area contributed by atoms with E-state index in [2.05, 4.69) is 4.98 Å². The fourth-order valence-corrected chi connectivity index (χ4v) is 2.84. The van der Waals surface area contributed by atoms with E-state index in [0.717, 1.165) is 12.8 Å². The number of hydrogen-bond donors (Lipinski definition) is 1. The lowest BCUT2D eigenvalue weighted by Gasteiger charge is -2.10. The summed E-state index contributed by atoms with van der Waals surface area (Å²) in [5.41, 5.74) is 0. The summed E-state index contributed by atoms with van der Waals surface area (Å²) in [5, 5.41) is 8.73. The van der Waals surface area contributed by atoms with Gasteiger partial charge in [-0.25, -0.2) is 4.98 Å². The molecule has 6 heteroatoms. The van der Waals surface area contributed by atoms with Gasteiger partial charge in [0.1, 0.15) is 0 Å². The lowest BCUT2D eigenvalue weighted by atomic mass is 10.1. The van der Waals surface area contributed by atoms with Crippen molar-refractivity contribution in [2.75, 3.05) is 0 Å². The Morgan fingerprint density at radius 2 is 2.13 bits per heavy atom. The highest BCUT2D eigenvalue weighted by molar-refractivity contribution is 7.11. The van der Waals surface area contributed by atoms with Crippen LogP contribution in [-0.4, -0.2) is 16.2 Å². The molecule has 0 aliphatic heterocycles. The summed E-state index contributed by atoms with van der Waals surface area (Å²) in [6.07, 6.45) is -1.35. The van der Waals surface area contributed by atoms with Gasteiger partial charge in [0.15, 0.2) is 5.01 Å². The van der Waals surface area contributed by atoms with E-state index in [-0.39, 0.29) is 5.92 Å². The molecule has 2 atom stereocenters. The Bertz CT molecular complexity index is 349. The van der Waals surface area contributed by atoms with Gasteiger partial charge in [-0.2, -0.15) is 13.2 Å². The Morgan fingerprint density at radius 3 is 2.60 bits per heavy atom. The van der Waals surface area contributed by atoms with E-state index in [0.29, 0.717) is 22.6 Å². The molecule has 1 aromatic heterocycles. The molecule has 0 spiro atoms. The normalized spacial score (nSPS) is 27.2. The molecular weight excluding hydrogens is 227 g/mol. The van der Waals surface area contributed by atoms with E-state index in [1.165, 1.54) is 6.20 Å². The monoisotopic (exact) mass is 237 g/mol. The van der Waals surface area contributed by atoms with Crippen molar-refractivity contribution in [2.24, 2.45) is 0 Å². The third kappa shape index (κ3) is 2.15. The molecule has 2 rings (SSSR count). The van der Waals surface area contributed by atoms with Gasteiger partial charge in [-0.05, 0) is 12.8 Å². The quantitative estimate of drug-likeness (QED) is 0.814. The molecule has 1 saturated carbocycles. The SMILES string of the molecule is OC1CCCC1c1cnc(C(F)(F)F)s1. The van der Waals surface area contributed by atoms with Crippen LogP contribution in [0.3, 0.4) is 0 Å². The second kappa shape index (κ2) is 3.75. The van der Waals surface area contributed by atoms with Crippen LogP contribution in [0.1, 0.15) is 35.1 Å². The van der Waals surface area contributed by atoms with Crippen LogP contribution in [0.5, 0.6) is 0 Å². The zero-order chi connectivity index (χ0) is 11.1. The molecule has 0 radical (unpaired) electrons. The summed E-state index contributed by atoms with van der Waals surface area (Å²) < 4.78 is 36.8. The average Bonchev–Trinajstić information content (AvgIpc) is 2.69. The molecule has 1 aromatic rings. The topological polar surface area (TPSA) is 33.1 Å². The van der Waals surface area contributed by atoms with E-state index in [9.17, 15) is 18.3 Å². The molecule has 0 saturated heterocycles. The van der Waals surface area contributed by atoms with Crippen LogP contribution in [-0.2, 0) is 6.18 Å². The summed E-state index contributed by atoms with van der Waals surface area (Å²) in [5.74, 6) is -0.154. The van der Waals surface area contributed by atoms with Crippen molar-refractivity contribution in [3.05, 3.63) is 16.1 Å². The van der Waals surface area contributed by atoms with Gasteiger partial charge in [-0.1, -0.05) is 6.42 Å². The largest absolute Gasteiger partial charge is 0.443 e. The van der Waals surface area contributed by atoms with Gasteiger partial charge in [-0.3, -0.25) is 0 Å². The van der Waals surface area contributed by atoms with Crippen LogP contribution in [0.4, 0.5) is 13.2 Å². The maximum atomic E-state index is 12.3. The molecule has 15 heavy (non-hydrogen) atoms. The first-order valence-corrected chi connectivity index (χ1v) is 5.51. The molecule has 2 nitrogen and oxygen atoms in total. The van der Waals surface area contributed by atoms with Gasteiger partial charge in [0, 0.05) is 17.0 Å².